The average molecular weight is 513 g/mol. The van der Waals surface area contributed by atoms with Crippen LogP contribution in [0.3, 0.4) is 0 Å². The van der Waals surface area contributed by atoms with Gasteiger partial charge in [0.05, 0.1) is 12.0 Å². The topological polar surface area (TPSA) is 81.4 Å². The summed E-state index contributed by atoms with van der Waals surface area (Å²) in [5.74, 6) is 0.981. The van der Waals surface area contributed by atoms with E-state index in [1.165, 1.54) is 12.1 Å². The summed E-state index contributed by atoms with van der Waals surface area (Å²) in [4.78, 5) is 4.50. The van der Waals surface area contributed by atoms with Gasteiger partial charge in [-0.3, -0.25) is 0 Å². The number of methoxy groups -OCH3 is 1. The molecule has 0 bridgehead atoms. The Morgan fingerprint density at radius 1 is 0.969 bits per heavy atom. The number of hydrogen-bond donors (Lipinski definition) is 1. The number of nitrogens with one attached hydrogen (secondary N) is 1. The van der Waals surface area contributed by atoms with Crippen LogP contribution >= 0.6 is 15.9 Å². The van der Waals surface area contributed by atoms with E-state index in [1.54, 1.807) is 43.5 Å². The molecular weight excluding hydrogens is 492 g/mol. The Hall–Kier alpha value is -3.10. The monoisotopic (exact) mass is 512 g/mol. The minimum Gasteiger partial charge on any atom is -0.497 e. The number of oxazole rings is 1. The van der Waals surface area contributed by atoms with Crippen molar-refractivity contribution in [2.75, 3.05) is 12.4 Å². The van der Waals surface area contributed by atoms with Crippen LogP contribution in [-0.4, -0.2) is 20.5 Å². The molecule has 0 radical (unpaired) electrons. The maximum atomic E-state index is 13.4. The maximum Gasteiger partial charge on any atom is 0.234 e. The molecule has 4 rings (SSSR count). The average Bonchev–Trinajstić information content (AvgIpc) is 3.24. The standard InChI is InChI=1S/C24H21BrN2O4S/c1-16-3-5-17(6-4-16)15-26-23-24(32(28,29)21-13-9-19(25)10-14-21)27-22(31-23)18-7-11-20(30-2)12-8-18/h3-14,26H,15H2,1-2H3. The number of aryl methyl sites for hydroxylation is 1. The number of ether oxygens (including phenoxy) is 1. The van der Waals surface area contributed by atoms with Crippen molar-refractivity contribution in [2.24, 2.45) is 0 Å². The van der Waals surface area contributed by atoms with Crippen molar-refractivity contribution < 1.29 is 17.6 Å². The Kier molecular flexibility index (Phi) is 6.34. The van der Waals surface area contributed by atoms with E-state index in [9.17, 15) is 8.42 Å². The Labute approximate surface area is 195 Å². The molecule has 0 aliphatic carbocycles. The Bertz CT molecular complexity index is 1310. The molecule has 0 saturated carbocycles. The van der Waals surface area contributed by atoms with Crippen LogP contribution in [0.15, 0.2) is 91.6 Å². The Morgan fingerprint density at radius 2 is 1.62 bits per heavy atom. The second-order valence-electron chi connectivity index (χ2n) is 7.18. The summed E-state index contributed by atoms with van der Waals surface area (Å²) in [7, 11) is -2.33. The highest BCUT2D eigenvalue weighted by Crippen LogP contribution is 2.33. The van der Waals surface area contributed by atoms with E-state index in [-0.39, 0.29) is 21.7 Å². The van der Waals surface area contributed by atoms with Gasteiger partial charge < -0.3 is 14.5 Å². The van der Waals surface area contributed by atoms with Gasteiger partial charge in [-0.05, 0) is 61.0 Å². The van der Waals surface area contributed by atoms with Crippen molar-refractivity contribution in [1.82, 2.24) is 4.98 Å². The summed E-state index contributed by atoms with van der Waals surface area (Å²) in [5.41, 5.74) is 2.78. The van der Waals surface area contributed by atoms with Crippen molar-refractivity contribution in [3.8, 4) is 17.2 Å². The summed E-state index contributed by atoms with van der Waals surface area (Å²) in [6, 6.07) is 21.4. The molecule has 6 nitrogen and oxygen atoms in total. The second-order valence-corrected chi connectivity index (χ2v) is 9.96. The quantitative estimate of drug-likeness (QED) is 0.333. The number of hydrogen-bond acceptors (Lipinski definition) is 6. The van der Waals surface area contributed by atoms with Gasteiger partial charge in [0.15, 0.2) is 0 Å². The number of benzene rings is 3. The third-order valence-electron chi connectivity index (χ3n) is 4.89. The number of halogens is 1. The summed E-state index contributed by atoms with van der Waals surface area (Å²) in [6.07, 6.45) is 0. The molecule has 0 amide bonds. The fourth-order valence-corrected chi connectivity index (χ4v) is 4.61. The van der Waals surface area contributed by atoms with Crippen LogP contribution in [-0.2, 0) is 16.4 Å². The van der Waals surface area contributed by atoms with Crippen LogP contribution in [0, 0.1) is 6.92 Å². The van der Waals surface area contributed by atoms with Gasteiger partial charge in [0.25, 0.3) is 0 Å². The van der Waals surface area contributed by atoms with Crippen molar-refractivity contribution in [1.29, 1.82) is 0 Å². The minimum atomic E-state index is -3.91. The molecule has 164 valence electrons. The molecule has 3 aromatic carbocycles. The van der Waals surface area contributed by atoms with E-state index in [2.05, 4.69) is 26.2 Å². The first kappa shape index (κ1) is 22.1. The highest BCUT2D eigenvalue weighted by atomic mass is 79.9. The van der Waals surface area contributed by atoms with Crippen LogP contribution in [0.5, 0.6) is 5.75 Å². The first-order valence-electron chi connectivity index (χ1n) is 9.82. The Balaban J connectivity index is 1.74. The smallest absolute Gasteiger partial charge is 0.234 e. The zero-order chi connectivity index (χ0) is 22.7. The number of rotatable bonds is 7. The molecule has 0 spiro atoms. The summed E-state index contributed by atoms with van der Waals surface area (Å²) in [6.45, 7) is 2.40. The maximum absolute atomic E-state index is 13.4. The predicted octanol–water partition coefficient (Wildman–Crippen LogP) is 5.87. The zero-order valence-corrected chi connectivity index (χ0v) is 19.9. The fourth-order valence-electron chi connectivity index (χ4n) is 3.07. The molecule has 1 aromatic heterocycles. The van der Waals surface area contributed by atoms with E-state index in [1.807, 2.05) is 31.2 Å². The fraction of sp³-hybridized carbons (Fsp3) is 0.125. The minimum absolute atomic E-state index is 0.0966. The number of nitrogens with zero attached hydrogens (tertiary/aromatic N) is 1. The van der Waals surface area contributed by atoms with Gasteiger partial charge in [-0.1, -0.05) is 45.8 Å². The molecule has 0 aliphatic rings. The van der Waals surface area contributed by atoms with Gasteiger partial charge in [0.2, 0.25) is 26.6 Å². The first-order valence-corrected chi connectivity index (χ1v) is 12.1. The van der Waals surface area contributed by atoms with E-state index < -0.39 is 9.84 Å². The lowest BCUT2D eigenvalue weighted by atomic mass is 10.1. The normalized spacial score (nSPS) is 11.3. The molecule has 0 unspecified atom stereocenters. The highest BCUT2D eigenvalue weighted by Gasteiger charge is 2.28. The lowest BCUT2D eigenvalue weighted by molar-refractivity contribution is 0.415. The number of aromatic nitrogens is 1. The third-order valence-corrected chi connectivity index (χ3v) is 7.09. The molecule has 1 N–H and O–H groups in total. The summed E-state index contributed by atoms with van der Waals surface area (Å²) >= 11 is 3.33. The molecule has 0 atom stereocenters. The highest BCUT2D eigenvalue weighted by molar-refractivity contribution is 9.10. The van der Waals surface area contributed by atoms with Crippen LogP contribution in [0.4, 0.5) is 5.88 Å². The van der Waals surface area contributed by atoms with Crippen molar-refractivity contribution >= 4 is 31.7 Å². The number of anilines is 1. The van der Waals surface area contributed by atoms with Crippen LogP contribution < -0.4 is 10.1 Å². The molecule has 1 heterocycles. The SMILES string of the molecule is COc1ccc(-c2nc(S(=O)(=O)c3ccc(Br)cc3)c(NCc3ccc(C)cc3)o2)cc1. The van der Waals surface area contributed by atoms with Crippen LogP contribution in [0.25, 0.3) is 11.5 Å². The zero-order valence-electron chi connectivity index (χ0n) is 17.5. The largest absolute Gasteiger partial charge is 0.497 e. The van der Waals surface area contributed by atoms with Gasteiger partial charge in [-0.2, -0.15) is 4.98 Å². The summed E-state index contributed by atoms with van der Waals surface area (Å²) < 4.78 is 38.6. The lowest BCUT2D eigenvalue weighted by Gasteiger charge is -2.07. The van der Waals surface area contributed by atoms with E-state index in [0.29, 0.717) is 17.9 Å². The van der Waals surface area contributed by atoms with Crippen molar-refractivity contribution in [3.05, 3.63) is 88.4 Å². The molecule has 0 fully saturated rings. The molecule has 32 heavy (non-hydrogen) atoms. The van der Waals surface area contributed by atoms with Gasteiger partial charge in [-0.25, -0.2) is 8.42 Å². The Morgan fingerprint density at radius 3 is 2.25 bits per heavy atom. The van der Waals surface area contributed by atoms with E-state index in [4.69, 9.17) is 9.15 Å². The van der Waals surface area contributed by atoms with Crippen LogP contribution in [0.2, 0.25) is 0 Å². The summed E-state index contributed by atoms with van der Waals surface area (Å²) in [5, 5.41) is 2.95. The third kappa shape index (κ3) is 4.71. The van der Waals surface area contributed by atoms with Crippen LogP contribution in [0.1, 0.15) is 11.1 Å². The second kappa shape index (κ2) is 9.18. The first-order chi connectivity index (χ1) is 15.4. The molecule has 0 saturated heterocycles. The van der Waals surface area contributed by atoms with E-state index >= 15 is 0 Å². The van der Waals surface area contributed by atoms with E-state index in [0.717, 1.165) is 15.6 Å². The van der Waals surface area contributed by atoms with Gasteiger partial charge in [0, 0.05) is 16.6 Å². The number of sulfone groups is 1. The predicted molar refractivity (Wildman–Crippen MR) is 127 cm³/mol. The van der Waals surface area contributed by atoms with Crippen molar-refractivity contribution in [3.63, 3.8) is 0 Å². The van der Waals surface area contributed by atoms with Gasteiger partial charge in [-0.15, -0.1) is 0 Å². The molecule has 0 aliphatic heterocycles. The molecule has 4 aromatic rings. The molecule has 8 heteroatoms. The molecular formula is C24H21BrN2O4S. The van der Waals surface area contributed by atoms with Crippen molar-refractivity contribution in [2.45, 2.75) is 23.4 Å². The van der Waals surface area contributed by atoms with Gasteiger partial charge in [0.1, 0.15) is 5.75 Å². The lowest BCUT2D eigenvalue weighted by Crippen LogP contribution is -2.07. The van der Waals surface area contributed by atoms with Gasteiger partial charge >= 0.3 is 0 Å².